The van der Waals surface area contributed by atoms with E-state index < -0.39 is 0 Å². The third-order valence-corrected chi connectivity index (χ3v) is 5.09. The third kappa shape index (κ3) is 4.92. The molecule has 0 radical (unpaired) electrons. The van der Waals surface area contributed by atoms with Gasteiger partial charge < -0.3 is 10.1 Å². The molecule has 0 bridgehead atoms. The van der Waals surface area contributed by atoms with E-state index in [1.165, 1.54) is 29.0 Å². The van der Waals surface area contributed by atoms with Crippen LogP contribution in [0.25, 0.3) is 0 Å². The van der Waals surface area contributed by atoms with Gasteiger partial charge in [0, 0.05) is 11.9 Å². The van der Waals surface area contributed by atoms with E-state index >= 15 is 0 Å². The van der Waals surface area contributed by atoms with Gasteiger partial charge in [0.05, 0.1) is 0 Å². The molecule has 0 aliphatic carbocycles. The Morgan fingerprint density at radius 1 is 1.19 bits per heavy atom. The van der Waals surface area contributed by atoms with Crippen LogP contribution in [0.5, 0.6) is 5.75 Å². The molecule has 1 amide bonds. The Hall–Kier alpha value is -2.73. The smallest absolute Gasteiger partial charge is 0.271 e. The normalized spacial score (nSPS) is 10.7. The van der Waals surface area contributed by atoms with Gasteiger partial charge in [-0.3, -0.25) is 4.79 Å². The molecular formula is C21H21FN2O2S. The van der Waals surface area contributed by atoms with Crippen molar-refractivity contribution in [2.24, 2.45) is 0 Å². The minimum Gasteiger partial charge on any atom is -0.486 e. The quantitative estimate of drug-likeness (QED) is 0.669. The highest BCUT2D eigenvalue weighted by atomic mass is 32.1. The summed E-state index contributed by atoms with van der Waals surface area (Å²) in [5, 5.41) is 5.24. The number of benzene rings is 2. The maximum atomic E-state index is 12.9. The lowest BCUT2D eigenvalue weighted by Crippen LogP contribution is -2.23. The first-order valence-corrected chi connectivity index (χ1v) is 9.48. The van der Waals surface area contributed by atoms with E-state index in [1.807, 2.05) is 19.9 Å². The van der Waals surface area contributed by atoms with Crippen molar-refractivity contribution in [3.05, 3.63) is 80.6 Å². The molecule has 0 aliphatic heterocycles. The minimum absolute atomic E-state index is 0.260. The number of nitrogens with zero attached hydrogens (tertiary/aromatic N) is 1. The number of ether oxygens (including phenoxy) is 1. The Kier molecular flexibility index (Phi) is 5.86. The Morgan fingerprint density at radius 2 is 1.93 bits per heavy atom. The zero-order chi connectivity index (χ0) is 19.4. The average molecular weight is 384 g/mol. The molecule has 1 heterocycles. The molecule has 0 saturated heterocycles. The zero-order valence-corrected chi connectivity index (χ0v) is 16.3. The molecule has 1 aromatic heterocycles. The molecule has 1 N–H and O–H groups in total. The van der Waals surface area contributed by atoms with E-state index in [0.29, 0.717) is 18.8 Å². The van der Waals surface area contributed by atoms with E-state index in [4.69, 9.17) is 4.74 Å². The molecular weight excluding hydrogens is 363 g/mol. The molecule has 6 heteroatoms. The minimum atomic E-state index is -0.298. The number of thiazole rings is 1. The summed E-state index contributed by atoms with van der Waals surface area (Å²) < 4.78 is 18.8. The van der Waals surface area contributed by atoms with Crippen LogP contribution in [0.3, 0.4) is 0 Å². The van der Waals surface area contributed by atoms with Gasteiger partial charge in [-0.05, 0) is 61.2 Å². The molecule has 0 spiro atoms. The van der Waals surface area contributed by atoms with Crippen LogP contribution in [0.4, 0.5) is 4.39 Å². The van der Waals surface area contributed by atoms with Gasteiger partial charge in [0.2, 0.25) is 0 Å². The van der Waals surface area contributed by atoms with E-state index in [-0.39, 0.29) is 11.7 Å². The summed E-state index contributed by atoms with van der Waals surface area (Å²) in [7, 11) is 0. The van der Waals surface area contributed by atoms with Gasteiger partial charge in [-0.2, -0.15) is 0 Å². The Bertz CT molecular complexity index is 951. The molecule has 2 aromatic carbocycles. The van der Waals surface area contributed by atoms with E-state index in [2.05, 4.69) is 23.3 Å². The molecule has 0 unspecified atom stereocenters. The van der Waals surface area contributed by atoms with Gasteiger partial charge in [0.25, 0.3) is 5.91 Å². The number of aryl methyl sites for hydroxylation is 2. The van der Waals surface area contributed by atoms with Crippen molar-refractivity contribution in [3.8, 4) is 5.75 Å². The number of hydrogen-bond donors (Lipinski definition) is 1. The van der Waals surface area contributed by atoms with Crippen LogP contribution in [0.15, 0.2) is 41.8 Å². The molecule has 3 rings (SSSR count). The molecule has 4 nitrogen and oxygen atoms in total. The molecule has 0 saturated carbocycles. The largest absolute Gasteiger partial charge is 0.486 e. The molecule has 140 valence electrons. The standard InChI is InChI=1S/C21H21FN2O2S/c1-13-8-14(2)15(3)19(9-13)26-11-20-24-18(12-27-20)21(25)23-10-16-4-6-17(22)7-5-16/h4-9,12H,10-11H2,1-3H3,(H,23,25). The van der Waals surface area contributed by atoms with Crippen molar-refractivity contribution >= 4 is 17.2 Å². The fourth-order valence-electron chi connectivity index (χ4n) is 2.65. The summed E-state index contributed by atoms with van der Waals surface area (Å²) in [4.78, 5) is 16.6. The number of hydrogen-bond acceptors (Lipinski definition) is 4. The van der Waals surface area contributed by atoms with Crippen molar-refractivity contribution in [1.82, 2.24) is 10.3 Å². The Balaban J connectivity index is 1.58. The van der Waals surface area contributed by atoms with Crippen LogP contribution < -0.4 is 10.1 Å². The Labute approximate surface area is 162 Å². The summed E-state index contributed by atoms with van der Waals surface area (Å²) in [6.45, 7) is 6.76. The van der Waals surface area contributed by atoms with Crippen molar-refractivity contribution in [2.45, 2.75) is 33.9 Å². The van der Waals surface area contributed by atoms with Crippen LogP contribution in [0.1, 0.15) is 37.7 Å². The Morgan fingerprint density at radius 3 is 2.67 bits per heavy atom. The molecule has 0 fully saturated rings. The summed E-state index contributed by atoms with van der Waals surface area (Å²) in [6.07, 6.45) is 0. The van der Waals surface area contributed by atoms with E-state index in [1.54, 1.807) is 17.5 Å². The van der Waals surface area contributed by atoms with Crippen LogP contribution >= 0.6 is 11.3 Å². The van der Waals surface area contributed by atoms with Crippen molar-refractivity contribution in [3.63, 3.8) is 0 Å². The zero-order valence-electron chi connectivity index (χ0n) is 15.5. The molecule has 0 aliphatic rings. The van der Waals surface area contributed by atoms with Crippen LogP contribution in [0.2, 0.25) is 0 Å². The fraction of sp³-hybridized carbons (Fsp3) is 0.238. The first-order valence-electron chi connectivity index (χ1n) is 8.60. The lowest BCUT2D eigenvalue weighted by molar-refractivity contribution is 0.0946. The summed E-state index contributed by atoms with van der Waals surface area (Å²) in [5.41, 5.74) is 4.62. The molecule has 3 aromatic rings. The highest BCUT2D eigenvalue weighted by molar-refractivity contribution is 7.09. The van der Waals surface area contributed by atoms with Gasteiger partial charge >= 0.3 is 0 Å². The highest BCUT2D eigenvalue weighted by Gasteiger charge is 2.12. The van der Waals surface area contributed by atoms with Crippen LogP contribution in [0, 0.1) is 26.6 Å². The van der Waals surface area contributed by atoms with Gasteiger partial charge in [-0.25, -0.2) is 9.37 Å². The number of carbonyl (C=O) groups is 1. The number of amides is 1. The van der Waals surface area contributed by atoms with Gasteiger partial charge in [0.1, 0.15) is 28.9 Å². The number of rotatable bonds is 6. The van der Waals surface area contributed by atoms with E-state index in [0.717, 1.165) is 27.4 Å². The van der Waals surface area contributed by atoms with Crippen LogP contribution in [-0.4, -0.2) is 10.9 Å². The first-order chi connectivity index (χ1) is 12.9. The van der Waals surface area contributed by atoms with Crippen LogP contribution in [-0.2, 0) is 13.2 Å². The molecule has 0 atom stereocenters. The maximum Gasteiger partial charge on any atom is 0.271 e. The first kappa shape index (κ1) is 19.0. The topological polar surface area (TPSA) is 51.2 Å². The van der Waals surface area contributed by atoms with Gasteiger partial charge in [-0.15, -0.1) is 11.3 Å². The number of nitrogens with one attached hydrogen (secondary N) is 1. The summed E-state index contributed by atoms with van der Waals surface area (Å²) in [5.74, 6) is 0.280. The SMILES string of the molecule is Cc1cc(C)c(C)c(OCc2nc(C(=O)NCc3ccc(F)cc3)cs2)c1. The lowest BCUT2D eigenvalue weighted by atomic mass is 10.1. The maximum absolute atomic E-state index is 12.9. The van der Waals surface area contributed by atoms with Crippen molar-refractivity contribution in [1.29, 1.82) is 0 Å². The number of aromatic nitrogens is 1. The monoisotopic (exact) mass is 384 g/mol. The van der Waals surface area contributed by atoms with Crippen molar-refractivity contribution in [2.75, 3.05) is 0 Å². The predicted molar refractivity (Wildman–Crippen MR) is 105 cm³/mol. The number of halogens is 1. The third-order valence-electron chi connectivity index (χ3n) is 4.27. The molecule has 27 heavy (non-hydrogen) atoms. The summed E-state index contributed by atoms with van der Waals surface area (Å²) in [6, 6.07) is 10.1. The average Bonchev–Trinajstić information content (AvgIpc) is 3.12. The summed E-state index contributed by atoms with van der Waals surface area (Å²) >= 11 is 1.39. The van der Waals surface area contributed by atoms with Gasteiger partial charge in [-0.1, -0.05) is 18.2 Å². The fourth-order valence-corrected chi connectivity index (χ4v) is 3.33. The van der Waals surface area contributed by atoms with E-state index in [9.17, 15) is 9.18 Å². The second kappa shape index (κ2) is 8.31. The number of carbonyl (C=O) groups excluding carboxylic acids is 1. The highest BCUT2D eigenvalue weighted by Crippen LogP contribution is 2.24. The second-order valence-corrected chi connectivity index (χ2v) is 7.37. The lowest BCUT2D eigenvalue weighted by Gasteiger charge is -2.11. The predicted octanol–water partition coefficient (Wildman–Crippen LogP) is 4.72. The van der Waals surface area contributed by atoms with Gasteiger partial charge in [0.15, 0.2) is 0 Å². The second-order valence-electron chi connectivity index (χ2n) is 6.43. The van der Waals surface area contributed by atoms with Crippen molar-refractivity contribution < 1.29 is 13.9 Å².